The lowest BCUT2D eigenvalue weighted by molar-refractivity contribution is 0.101. The van der Waals surface area contributed by atoms with E-state index in [1.165, 1.54) is 0 Å². The molecule has 0 atom stereocenters. The third-order valence-corrected chi connectivity index (χ3v) is 3.45. The Morgan fingerprint density at radius 2 is 1.80 bits per heavy atom. The highest BCUT2D eigenvalue weighted by atomic mass is 16.5. The van der Waals surface area contributed by atoms with Gasteiger partial charge in [-0.1, -0.05) is 0 Å². The molecule has 0 aliphatic carbocycles. The summed E-state index contributed by atoms with van der Waals surface area (Å²) >= 11 is 0. The molecule has 3 aromatic rings. The van der Waals surface area contributed by atoms with Crippen LogP contribution in [0, 0.1) is 0 Å². The number of nitrogens with zero attached hydrogens (tertiary/aromatic N) is 1. The summed E-state index contributed by atoms with van der Waals surface area (Å²) in [6, 6.07) is 15.7. The Kier molecular flexibility index (Phi) is 3.03. The van der Waals surface area contributed by atoms with E-state index in [9.17, 15) is 4.79 Å². The van der Waals surface area contributed by atoms with Crippen LogP contribution in [0.15, 0.2) is 54.7 Å². The molecule has 3 heteroatoms. The van der Waals surface area contributed by atoms with Crippen LogP contribution in [0.4, 0.5) is 0 Å². The van der Waals surface area contributed by atoms with Crippen molar-refractivity contribution in [3.8, 4) is 11.4 Å². The molecule has 0 radical (unpaired) electrons. The van der Waals surface area contributed by atoms with Gasteiger partial charge in [0.2, 0.25) is 0 Å². The van der Waals surface area contributed by atoms with Crippen LogP contribution in [-0.2, 0) is 0 Å². The van der Waals surface area contributed by atoms with Crippen LogP contribution >= 0.6 is 0 Å². The first kappa shape index (κ1) is 12.5. The van der Waals surface area contributed by atoms with Gasteiger partial charge in [0.05, 0.1) is 12.6 Å². The molecule has 3 nitrogen and oxygen atoms in total. The number of ether oxygens (including phenoxy) is 1. The maximum Gasteiger partial charge on any atom is 0.159 e. The quantitative estimate of drug-likeness (QED) is 0.674. The predicted octanol–water partition coefficient (Wildman–Crippen LogP) is 3.84. The van der Waals surface area contributed by atoms with E-state index in [2.05, 4.69) is 10.6 Å². The Morgan fingerprint density at radius 3 is 2.45 bits per heavy atom. The fourth-order valence-electron chi connectivity index (χ4n) is 2.33. The van der Waals surface area contributed by atoms with Gasteiger partial charge >= 0.3 is 0 Å². The van der Waals surface area contributed by atoms with Gasteiger partial charge in [0.15, 0.2) is 5.78 Å². The molecule has 0 saturated heterocycles. The summed E-state index contributed by atoms with van der Waals surface area (Å²) in [6.07, 6.45) is 2.02. The predicted molar refractivity (Wildman–Crippen MR) is 79.8 cm³/mol. The molecule has 0 bridgehead atoms. The Bertz CT molecular complexity index is 769. The number of rotatable bonds is 3. The fourth-order valence-corrected chi connectivity index (χ4v) is 2.33. The van der Waals surface area contributed by atoms with E-state index in [-0.39, 0.29) is 5.78 Å². The Morgan fingerprint density at radius 1 is 1.05 bits per heavy atom. The molecule has 100 valence electrons. The van der Waals surface area contributed by atoms with Crippen molar-refractivity contribution < 1.29 is 9.53 Å². The molecule has 0 unspecified atom stereocenters. The van der Waals surface area contributed by atoms with E-state index in [1.807, 2.05) is 48.7 Å². The van der Waals surface area contributed by atoms with Crippen molar-refractivity contribution in [2.45, 2.75) is 6.92 Å². The van der Waals surface area contributed by atoms with Gasteiger partial charge < -0.3 is 9.30 Å². The highest BCUT2D eigenvalue weighted by Gasteiger charge is 2.05. The summed E-state index contributed by atoms with van der Waals surface area (Å²) < 4.78 is 7.33. The Balaban J connectivity index is 2.07. The van der Waals surface area contributed by atoms with Crippen molar-refractivity contribution in [3.63, 3.8) is 0 Å². The second kappa shape index (κ2) is 4.85. The number of hydrogen-bond donors (Lipinski definition) is 0. The van der Waals surface area contributed by atoms with Crippen molar-refractivity contribution in [1.82, 2.24) is 4.57 Å². The lowest BCUT2D eigenvalue weighted by atomic mass is 10.1. The van der Waals surface area contributed by atoms with E-state index in [4.69, 9.17) is 4.74 Å². The van der Waals surface area contributed by atoms with Gasteiger partial charge in [-0.25, -0.2) is 0 Å². The smallest absolute Gasteiger partial charge is 0.159 e. The minimum Gasteiger partial charge on any atom is -0.497 e. The maximum atomic E-state index is 11.3. The average Bonchev–Trinajstić information content (AvgIpc) is 2.90. The van der Waals surface area contributed by atoms with Gasteiger partial charge in [-0.2, -0.15) is 0 Å². The number of aromatic nitrogens is 1. The molecular formula is C17H15NO2. The molecule has 0 fully saturated rings. The number of benzene rings is 2. The monoisotopic (exact) mass is 265 g/mol. The molecule has 0 saturated carbocycles. The second-order valence-corrected chi connectivity index (χ2v) is 4.71. The fraction of sp³-hybridized carbons (Fsp3) is 0.118. The minimum atomic E-state index is 0.0821. The largest absolute Gasteiger partial charge is 0.497 e. The van der Waals surface area contributed by atoms with Crippen LogP contribution in [0.3, 0.4) is 0 Å². The van der Waals surface area contributed by atoms with Gasteiger partial charge in [0.25, 0.3) is 0 Å². The van der Waals surface area contributed by atoms with Crippen LogP contribution in [0.2, 0.25) is 0 Å². The highest BCUT2D eigenvalue weighted by molar-refractivity contribution is 5.94. The third kappa shape index (κ3) is 2.07. The highest BCUT2D eigenvalue weighted by Crippen LogP contribution is 2.24. The average molecular weight is 265 g/mol. The van der Waals surface area contributed by atoms with E-state index in [0.717, 1.165) is 27.9 Å². The first-order valence-electron chi connectivity index (χ1n) is 6.45. The Hall–Kier alpha value is -2.55. The second-order valence-electron chi connectivity index (χ2n) is 4.71. The first-order chi connectivity index (χ1) is 9.69. The van der Waals surface area contributed by atoms with E-state index in [1.54, 1.807) is 14.0 Å². The van der Waals surface area contributed by atoms with Crippen molar-refractivity contribution in [2.75, 3.05) is 7.11 Å². The number of carbonyl (C=O) groups excluding carboxylic acids is 1. The molecule has 1 aromatic heterocycles. The number of ketones is 1. The lowest BCUT2D eigenvalue weighted by Crippen LogP contribution is -1.95. The van der Waals surface area contributed by atoms with Crippen LogP contribution in [-0.4, -0.2) is 17.5 Å². The van der Waals surface area contributed by atoms with Crippen LogP contribution < -0.4 is 4.74 Å². The van der Waals surface area contributed by atoms with Crippen molar-refractivity contribution in [3.05, 3.63) is 60.3 Å². The zero-order valence-electron chi connectivity index (χ0n) is 11.5. The standard InChI is InChI=1S/C17H15NO2/c1-12(19)13-3-5-15(6-4-13)18-10-9-14-11-16(20-2)7-8-17(14)18/h3-11H,1-2H3. The number of carbonyl (C=O) groups is 1. The number of fused-ring (bicyclic) bond motifs is 1. The van der Waals surface area contributed by atoms with Crippen molar-refractivity contribution in [1.29, 1.82) is 0 Å². The maximum absolute atomic E-state index is 11.3. The zero-order chi connectivity index (χ0) is 14.1. The van der Waals surface area contributed by atoms with Gasteiger partial charge in [-0.05, 0) is 55.5 Å². The molecule has 0 spiro atoms. The summed E-state index contributed by atoms with van der Waals surface area (Å²) in [6.45, 7) is 1.58. The number of hydrogen-bond acceptors (Lipinski definition) is 2. The van der Waals surface area contributed by atoms with Gasteiger partial charge in [0, 0.05) is 22.8 Å². The van der Waals surface area contributed by atoms with Gasteiger partial charge in [-0.3, -0.25) is 4.79 Å². The Labute approximate surface area is 117 Å². The van der Waals surface area contributed by atoms with E-state index >= 15 is 0 Å². The molecule has 20 heavy (non-hydrogen) atoms. The van der Waals surface area contributed by atoms with Gasteiger partial charge in [0.1, 0.15) is 5.75 Å². The topological polar surface area (TPSA) is 31.2 Å². The van der Waals surface area contributed by atoms with Crippen molar-refractivity contribution in [2.24, 2.45) is 0 Å². The molecule has 1 heterocycles. The molecule has 0 aliphatic heterocycles. The van der Waals surface area contributed by atoms with Gasteiger partial charge in [-0.15, -0.1) is 0 Å². The van der Waals surface area contributed by atoms with Crippen molar-refractivity contribution >= 4 is 16.7 Å². The SMILES string of the molecule is COc1ccc2c(ccn2-c2ccc(C(C)=O)cc2)c1. The molecule has 0 aliphatic rings. The minimum absolute atomic E-state index is 0.0821. The molecule has 0 amide bonds. The van der Waals surface area contributed by atoms with Crippen LogP contribution in [0.1, 0.15) is 17.3 Å². The van der Waals surface area contributed by atoms with E-state index in [0.29, 0.717) is 0 Å². The van der Waals surface area contributed by atoms with Crippen LogP contribution in [0.5, 0.6) is 5.75 Å². The summed E-state index contributed by atoms with van der Waals surface area (Å²) in [5.41, 5.74) is 2.88. The molecule has 3 rings (SSSR count). The van der Waals surface area contributed by atoms with Crippen LogP contribution in [0.25, 0.3) is 16.6 Å². The third-order valence-electron chi connectivity index (χ3n) is 3.45. The number of methoxy groups -OCH3 is 1. The molecular weight excluding hydrogens is 250 g/mol. The normalized spacial score (nSPS) is 10.7. The number of Topliss-reactive ketones (excluding diaryl/α,β-unsaturated/α-hetero) is 1. The van der Waals surface area contributed by atoms with E-state index < -0.39 is 0 Å². The summed E-state index contributed by atoms with van der Waals surface area (Å²) in [7, 11) is 1.67. The summed E-state index contributed by atoms with van der Waals surface area (Å²) in [5.74, 6) is 0.931. The summed E-state index contributed by atoms with van der Waals surface area (Å²) in [4.78, 5) is 11.3. The summed E-state index contributed by atoms with van der Waals surface area (Å²) in [5, 5.41) is 1.12. The zero-order valence-corrected chi connectivity index (χ0v) is 11.5. The molecule has 2 aromatic carbocycles. The molecule has 0 N–H and O–H groups in total. The lowest BCUT2D eigenvalue weighted by Gasteiger charge is -2.07. The first-order valence-corrected chi connectivity index (χ1v) is 6.45.